The quantitative estimate of drug-likeness (QED) is 0.765. The molecule has 0 unspecified atom stereocenters. The van der Waals surface area contributed by atoms with E-state index >= 15 is 0 Å². The van der Waals surface area contributed by atoms with Gasteiger partial charge in [0.2, 0.25) is 5.95 Å². The monoisotopic (exact) mass is 300 g/mol. The van der Waals surface area contributed by atoms with Crippen LogP contribution in [0, 0.1) is 0 Å². The highest BCUT2D eigenvalue weighted by Crippen LogP contribution is 2.24. The Bertz CT molecular complexity index is 739. The Balaban J connectivity index is 1.92. The van der Waals surface area contributed by atoms with Crippen molar-refractivity contribution >= 4 is 17.9 Å². The lowest BCUT2D eigenvalue weighted by Crippen LogP contribution is -2.33. The first kappa shape index (κ1) is 14.1. The summed E-state index contributed by atoms with van der Waals surface area (Å²) >= 11 is 0. The van der Waals surface area contributed by atoms with E-state index in [2.05, 4.69) is 25.6 Å². The fourth-order valence-corrected chi connectivity index (χ4v) is 2.34. The van der Waals surface area contributed by atoms with Crippen molar-refractivity contribution in [2.75, 3.05) is 26.0 Å². The number of nitrogens with zero attached hydrogens (tertiary/aromatic N) is 3. The Morgan fingerprint density at radius 2 is 2.27 bits per heavy atom. The zero-order valence-electron chi connectivity index (χ0n) is 12.3. The fraction of sp³-hybridized carbons (Fsp3) is 0.286. The van der Waals surface area contributed by atoms with Gasteiger partial charge in [-0.05, 0) is 12.1 Å². The van der Waals surface area contributed by atoms with Gasteiger partial charge >= 0.3 is 6.03 Å². The molecule has 0 aliphatic carbocycles. The summed E-state index contributed by atoms with van der Waals surface area (Å²) in [5.41, 5.74) is 2.93. The first-order valence-corrected chi connectivity index (χ1v) is 6.88. The maximum Gasteiger partial charge on any atom is 0.321 e. The molecule has 114 valence electrons. The number of anilines is 1. The van der Waals surface area contributed by atoms with Crippen LogP contribution in [0.1, 0.15) is 16.1 Å². The molecule has 0 saturated carbocycles. The van der Waals surface area contributed by atoms with E-state index in [1.165, 1.54) is 7.05 Å². The van der Waals surface area contributed by atoms with E-state index < -0.39 is 0 Å². The van der Waals surface area contributed by atoms with E-state index in [4.69, 9.17) is 0 Å². The van der Waals surface area contributed by atoms with Crippen LogP contribution >= 0.6 is 0 Å². The summed E-state index contributed by atoms with van der Waals surface area (Å²) in [6.45, 7) is 0.693. The SMILES string of the molecule is CNC(=O)Nc1nccc(-c2cc3c([nH]2)CCN(C)C3=O)n1. The molecule has 0 spiro atoms. The molecule has 0 saturated heterocycles. The van der Waals surface area contributed by atoms with E-state index in [0.717, 1.165) is 17.8 Å². The molecule has 3 heterocycles. The number of nitrogens with one attached hydrogen (secondary N) is 3. The molecule has 2 aromatic rings. The molecule has 0 atom stereocenters. The number of hydrogen-bond donors (Lipinski definition) is 3. The average molecular weight is 300 g/mol. The number of H-pyrrole nitrogens is 1. The molecule has 0 bridgehead atoms. The summed E-state index contributed by atoms with van der Waals surface area (Å²) in [5.74, 6) is 0.203. The lowest BCUT2D eigenvalue weighted by Gasteiger charge is -2.21. The highest BCUT2D eigenvalue weighted by atomic mass is 16.2. The van der Waals surface area contributed by atoms with E-state index in [1.54, 1.807) is 30.3 Å². The Morgan fingerprint density at radius 3 is 3.05 bits per heavy atom. The van der Waals surface area contributed by atoms with Gasteiger partial charge in [-0.2, -0.15) is 0 Å². The highest BCUT2D eigenvalue weighted by Gasteiger charge is 2.24. The summed E-state index contributed by atoms with van der Waals surface area (Å²) in [6, 6.07) is 3.12. The molecule has 0 aromatic carbocycles. The largest absolute Gasteiger partial charge is 0.356 e. The molecule has 22 heavy (non-hydrogen) atoms. The number of aromatic nitrogens is 3. The predicted molar refractivity (Wildman–Crippen MR) is 80.6 cm³/mol. The highest BCUT2D eigenvalue weighted by molar-refractivity contribution is 5.97. The number of rotatable bonds is 2. The van der Waals surface area contributed by atoms with Gasteiger partial charge in [0, 0.05) is 39.0 Å². The van der Waals surface area contributed by atoms with E-state index in [1.807, 2.05) is 0 Å². The van der Waals surface area contributed by atoms with Crippen LogP contribution in [-0.4, -0.2) is 52.4 Å². The van der Waals surface area contributed by atoms with Crippen LogP contribution in [0.25, 0.3) is 11.4 Å². The van der Waals surface area contributed by atoms with Crippen LogP contribution < -0.4 is 10.6 Å². The zero-order valence-corrected chi connectivity index (χ0v) is 12.3. The van der Waals surface area contributed by atoms with Crippen LogP contribution in [-0.2, 0) is 6.42 Å². The number of amides is 3. The molecule has 8 heteroatoms. The summed E-state index contributed by atoms with van der Waals surface area (Å²) in [7, 11) is 3.30. The summed E-state index contributed by atoms with van der Waals surface area (Å²) in [5, 5.41) is 4.95. The third-order valence-corrected chi connectivity index (χ3v) is 3.56. The van der Waals surface area contributed by atoms with Gasteiger partial charge in [0.1, 0.15) is 0 Å². The van der Waals surface area contributed by atoms with E-state index in [-0.39, 0.29) is 17.9 Å². The molecule has 0 radical (unpaired) electrons. The van der Waals surface area contributed by atoms with Crippen molar-refractivity contribution in [3.8, 4) is 11.4 Å². The fourth-order valence-electron chi connectivity index (χ4n) is 2.34. The predicted octanol–water partition coefficient (Wildman–Crippen LogP) is 0.851. The van der Waals surface area contributed by atoms with Crippen LogP contribution in [0.15, 0.2) is 18.3 Å². The topological polar surface area (TPSA) is 103 Å². The van der Waals surface area contributed by atoms with Gasteiger partial charge in [0.15, 0.2) is 0 Å². The van der Waals surface area contributed by atoms with Crippen molar-refractivity contribution < 1.29 is 9.59 Å². The molecule has 1 aliphatic rings. The van der Waals surface area contributed by atoms with Gasteiger partial charge < -0.3 is 15.2 Å². The maximum atomic E-state index is 12.1. The zero-order chi connectivity index (χ0) is 15.7. The van der Waals surface area contributed by atoms with Crippen molar-refractivity contribution in [2.24, 2.45) is 0 Å². The molecule has 0 fully saturated rings. The van der Waals surface area contributed by atoms with Crippen LogP contribution in [0.2, 0.25) is 0 Å². The third-order valence-electron chi connectivity index (χ3n) is 3.56. The van der Waals surface area contributed by atoms with Crippen LogP contribution in [0.4, 0.5) is 10.7 Å². The molecule has 8 nitrogen and oxygen atoms in total. The van der Waals surface area contributed by atoms with Gasteiger partial charge in [-0.25, -0.2) is 14.8 Å². The van der Waals surface area contributed by atoms with Gasteiger partial charge in [-0.3, -0.25) is 10.1 Å². The summed E-state index contributed by atoms with van der Waals surface area (Å²) in [6.07, 6.45) is 2.34. The molecule has 2 aromatic heterocycles. The number of hydrogen-bond acceptors (Lipinski definition) is 4. The number of fused-ring (bicyclic) bond motifs is 1. The Labute approximate surface area is 127 Å². The normalized spacial score (nSPS) is 13.7. The first-order chi connectivity index (χ1) is 10.6. The van der Waals surface area contributed by atoms with Crippen molar-refractivity contribution in [1.82, 2.24) is 25.2 Å². The third kappa shape index (κ3) is 2.50. The van der Waals surface area contributed by atoms with Crippen molar-refractivity contribution in [3.05, 3.63) is 29.6 Å². The number of aromatic amines is 1. The Morgan fingerprint density at radius 1 is 1.45 bits per heavy atom. The minimum atomic E-state index is -0.389. The number of carbonyl (C=O) groups is 2. The number of likely N-dealkylation sites (N-methyl/N-ethyl adjacent to an activating group) is 1. The second-order valence-corrected chi connectivity index (χ2v) is 5.02. The van der Waals surface area contributed by atoms with E-state index in [0.29, 0.717) is 17.8 Å². The summed E-state index contributed by atoms with van der Waals surface area (Å²) in [4.78, 5) is 36.6. The Kier molecular flexibility index (Phi) is 3.50. The number of urea groups is 1. The smallest absolute Gasteiger partial charge is 0.321 e. The van der Waals surface area contributed by atoms with Gasteiger partial charge in [0.05, 0.1) is 17.0 Å². The lowest BCUT2D eigenvalue weighted by molar-refractivity contribution is 0.0780. The minimum Gasteiger partial charge on any atom is -0.356 e. The molecule has 3 rings (SSSR count). The van der Waals surface area contributed by atoms with Gasteiger partial charge in [-0.1, -0.05) is 0 Å². The Hall–Kier alpha value is -2.90. The van der Waals surface area contributed by atoms with Crippen molar-refractivity contribution in [2.45, 2.75) is 6.42 Å². The maximum absolute atomic E-state index is 12.1. The first-order valence-electron chi connectivity index (χ1n) is 6.88. The lowest BCUT2D eigenvalue weighted by atomic mass is 10.1. The van der Waals surface area contributed by atoms with E-state index in [9.17, 15) is 9.59 Å². The van der Waals surface area contributed by atoms with Crippen LogP contribution in [0.3, 0.4) is 0 Å². The molecule has 3 amide bonds. The summed E-state index contributed by atoms with van der Waals surface area (Å²) < 4.78 is 0. The second-order valence-electron chi connectivity index (χ2n) is 5.02. The minimum absolute atomic E-state index is 0.00140. The molecule has 1 aliphatic heterocycles. The number of carbonyl (C=O) groups excluding carboxylic acids is 2. The molecular weight excluding hydrogens is 284 g/mol. The van der Waals surface area contributed by atoms with Gasteiger partial charge in [-0.15, -0.1) is 0 Å². The molecule has 3 N–H and O–H groups in total. The average Bonchev–Trinajstić information content (AvgIpc) is 2.96. The van der Waals surface area contributed by atoms with Crippen molar-refractivity contribution in [1.29, 1.82) is 0 Å². The van der Waals surface area contributed by atoms with Crippen molar-refractivity contribution in [3.63, 3.8) is 0 Å². The second kappa shape index (κ2) is 5.47. The van der Waals surface area contributed by atoms with Crippen LogP contribution in [0.5, 0.6) is 0 Å². The molecular formula is C14H16N6O2. The standard InChI is InChI=1S/C14H16N6O2/c1-15-14(22)19-13-16-5-3-10(18-13)11-7-8-9(17-11)4-6-20(2)12(8)21/h3,5,7,17H,4,6H2,1-2H3,(H2,15,16,18,19,22). The van der Waals surface area contributed by atoms with Gasteiger partial charge in [0.25, 0.3) is 5.91 Å².